The summed E-state index contributed by atoms with van der Waals surface area (Å²) in [6.45, 7) is 13.8. The van der Waals surface area contributed by atoms with Crippen molar-refractivity contribution >= 4 is 76.8 Å². The maximum absolute atomic E-state index is 10.6. The summed E-state index contributed by atoms with van der Waals surface area (Å²) >= 11 is 0. The predicted octanol–water partition coefficient (Wildman–Crippen LogP) is 10.6. The Morgan fingerprint density at radius 2 is 0.978 bits per heavy atom. The van der Waals surface area contributed by atoms with E-state index in [1.165, 1.54) is 24.2 Å². The Hall–Kier alpha value is -4.69. The molecule has 0 saturated carbocycles. The van der Waals surface area contributed by atoms with Crippen molar-refractivity contribution in [3.63, 3.8) is 0 Å². The van der Waals surface area contributed by atoms with Gasteiger partial charge in [-0.15, -0.1) is 0 Å². The average molecular weight is 606 g/mol. The molecule has 2 fully saturated rings. The van der Waals surface area contributed by atoms with Gasteiger partial charge in [0.15, 0.2) is 0 Å². The number of hydrogen-bond acceptors (Lipinski definition) is 5. The maximum atomic E-state index is 10.6. The van der Waals surface area contributed by atoms with E-state index in [1.807, 2.05) is 6.07 Å². The van der Waals surface area contributed by atoms with Gasteiger partial charge >= 0.3 is 0 Å². The highest BCUT2D eigenvalue weighted by Crippen LogP contribution is 2.43. The topological polar surface area (TPSA) is 56.6 Å². The molecule has 2 aliphatic rings. The van der Waals surface area contributed by atoms with E-state index >= 15 is 0 Å². The standard InChI is InChI=1S/C41H39N3O2/c1-23-9-24(2)20-43(19-23)31-7-5-27-13-33-36(15-29(27)11-31)45-38-17-39-41(35(18-42)40(33)38)34-14-28-6-8-32(12-30(28)16-37(34)46-39)44-21-25(3)10-26(4)22-44/h5-8,11-17,23-26H,9-10,19-22H2,1-4H3. The molecule has 230 valence electrons. The summed E-state index contributed by atoms with van der Waals surface area (Å²) < 4.78 is 12.9. The van der Waals surface area contributed by atoms with Crippen LogP contribution in [0.15, 0.2) is 75.6 Å². The first-order valence-corrected chi connectivity index (χ1v) is 16.9. The third-order valence-electron chi connectivity index (χ3n) is 10.7. The van der Waals surface area contributed by atoms with Gasteiger partial charge in [0, 0.05) is 65.2 Å². The Morgan fingerprint density at radius 3 is 1.39 bits per heavy atom. The van der Waals surface area contributed by atoms with E-state index in [0.717, 1.165) is 80.4 Å². The van der Waals surface area contributed by atoms with Gasteiger partial charge in [-0.1, -0.05) is 39.8 Å². The number of rotatable bonds is 2. The molecule has 0 radical (unpaired) electrons. The van der Waals surface area contributed by atoms with E-state index in [9.17, 15) is 5.26 Å². The number of piperidine rings is 2. The zero-order valence-corrected chi connectivity index (χ0v) is 27.1. The number of nitriles is 1. The molecule has 2 aromatic heterocycles. The molecule has 2 aliphatic heterocycles. The van der Waals surface area contributed by atoms with E-state index in [-0.39, 0.29) is 0 Å². The average Bonchev–Trinajstić information content (AvgIpc) is 3.56. The van der Waals surface area contributed by atoms with Gasteiger partial charge in [-0.2, -0.15) is 5.26 Å². The fourth-order valence-electron chi connectivity index (χ4n) is 8.91. The summed E-state index contributed by atoms with van der Waals surface area (Å²) in [6, 6.07) is 26.7. The molecular weight excluding hydrogens is 566 g/mol. The molecule has 0 spiro atoms. The van der Waals surface area contributed by atoms with Crippen LogP contribution in [-0.4, -0.2) is 26.2 Å². The molecule has 5 heteroatoms. The SMILES string of the molecule is CC1CC(C)CN(c2ccc3cc4c(cc3c2)oc2cc3oc5cc6cc(N7CC(C)CC(C)C7)ccc6cc5c3c(C#N)c24)C1. The molecule has 0 N–H and O–H groups in total. The van der Waals surface area contributed by atoms with Crippen molar-refractivity contribution < 1.29 is 8.83 Å². The second kappa shape index (κ2) is 10.2. The molecule has 4 unspecified atom stereocenters. The molecule has 5 nitrogen and oxygen atoms in total. The van der Waals surface area contributed by atoms with Gasteiger partial charge in [-0.05, 0) is 107 Å². The summed E-state index contributed by atoms with van der Waals surface area (Å²) in [5.41, 5.74) is 6.12. The molecule has 0 bridgehead atoms. The lowest BCUT2D eigenvalue weighted by Crippen LogP contribution is -2.38. The van der Waals surface area contributed by atoms with Crippen molar-refractivity contribution in [1.82, 2.24) is 0 Å². The lowest BCUT2D eigenvalue weighted by Gasteiger charge is -2.36. The van der Waals surface area contributed by atoms with Crippen LogP contribution in [0, 0.1) is 35.0 Å². The van der Waals surface area contributed by atoms with E-state index in [1.54, 1.807) is 0 Å². The third-order valence-corrected chi connectivity index (χ3v) is 10.7. The Balaban J connectivity index is 1.17. The first kappa shape index (κ1) is 27.6. The number of furan rings is 2. The second-order valence-corrected chi connectivity index (χ2v) is 14.8. The van der Waals surface area contributed by atoms with Crippen molar-refractivity contribution in [2.75, 3.05) is 36.0 Å². The second-order valence-electron chi connectivity index (χ2n) is 14.8. The molecular formula is C41H39N3O2. The first-order chi connectivity index (χ1) is 22.3. The monoisotopic (exact) mass is 605 g/mol. The molecule has 2 saturated heterocycles. The number of nitrogens with zero attached hydrogens (tertiary/aromatic N) is 3. The quantitative estimate of drug-likeness (QED) is 0.196. The first-order valence-electron chi connectivity index (χ1n) is 16.9. The molecule has 46 heavy (non-hydrogen) atoms. The number of hydrogen-bond donors (Lipinski definition) is 0. The van der Waals surface area contributed by atoms with Crippen molar-refractivity contribution in [1.29, 1.82) is 5.26 Å². The van der Waals surface area contributed by atoms with Crippen LogP contribution in [-0.2, 0) is 0 Å². The zero-order chi connectivity index (χ0) is 31.3. The Morgan fingerprint density at radius 1 is 0.543 bits per heavy atom. The minimum absolute atomic E-state index is 0.615. The molecule has 0 amide bonds. The molecule has 5 aromatic carbocycles. The van der Waals surface area contributed by atoms with Crippen LogP contribution in [0.2, 0.25) is 0 Å². The third kappa shape index (κ3) is 4.34. The number of fused-ring (bicyclic) bond motifs is 8. The van der Waals surface area contributed by atoms with Gasteiger partial charge in [0.25, 0.3) is 0 Å². The van der Waals surface area contributed by atoms with E-state index in [4.69, 9.17) is 8.83 Å². The highest BCUT2D eigenvalue weighted by Gasteiger charge is 2.25. The normalized spacial score (nSPS) is 22.6. The van der Waals surface area contributed by atoms with Crippen LogP contribution in [0.4, 0.5) is 11.4 Å². The Labute approximate surface area is 268 Å². The summed E-state index contributed by atoms with van der Waals surface area (Å²) in [4.78, 5) is 5.04. The number of anilines is 2. The lowest BCUT2D eigenvalue weighted by molar-refractivity contribution is 0.357. The Bertz CT molecular complexity index is 2210. The van der Waals surface area contributed by atoms with Gasteiger partial charge in [0.2, 0.25) is 0 Å². The van der Waals surface area contributed by atoms with Crippen LogP contribution < -0.4 is 9.80 Å². The van der Waals surface area contributed by atoms with E-state index in [2.05, 4.69) is 104 Å². The van der Waals surface area contributed by atoms with Crippen LogP contribution in [0.25, 0.3) is 65.4 Å². The predicted molar refractivity (Wildman–Crippen MR) is 191 cm³/mol. The van der Waals surface area contributed by atoms with Crippen LogP contribution in [0.5, 0.6) is 0 Å². The van der Waals surface area contributed by atoms with Gasteiger partial charge in [0.05, 0.1) is 5.56 Å². The van der Waals surface area contributed by atoms with Crippen molar-refractivity contribution in [3.8, 4) is 6.07 Å². The number of benzene rings is 5. The fourth-order valence-corrected chi connectivity index (χ4v) is 8.91. The molecule has 0 aliphatic carbocycles. The smallest absolute Gasteiger partial charge is 0.140 e. The van der Waals surface area contributed by atoms with Gasteiger partial charge in [-0.25, -0.2) is 0 Å². The highest BCUT2D eigenvalue weighted by molar-refractivity contribution is 6.22. The summed E-state index contributed by atoms with van der Waals surface area (Å²) in [7, 11) is 0. The van der Waals surface area contributed by atoms with Crippen LogP contribution >= 0.6 is 0 Å². The highest BCUT2D eigenvalue weighted by atomic mass is 16.3. The summed E-state index contributed by atoms with van der Waals surface area (Å²) in [6.07, 6.45) is 2.58. The minimum Gasteiger partial charge on any atom is -0.456 e. The van der Waals surface area contributed by atoms with E-state index < -0.39 is 0 Å². The molecule has 4 heterocycles. The molecule has 4 atom stereocenters. The summed E-state index contributed by atoms with van der Waals surface area (Å²) in [5, 5.41) is 18.9. The van der Waals surface area contributed by atoms with Crippen LogP contribution in [0.1, 0.15) is 46.1 Å². The van der Waals surface area contributed by atoms with Crippen molar-refractivity contribution in [2.45, 2.75) is 40.5 Å². The van der Waals surface area contributed by atoms with Crippen LogP contribution in [0.3, 0.4) is 0 Å². The summed E-state index contributed by atoms with van der Waals surface area (Å²) in [5.74, 6) is 2.77. The van der Waals surface area contributed by atoms with Crippen molar-refractivity contribution in [2.24, 2.45) is 23.7 Å². The molecule has 9 rings (SSSR count). The van der Waals surface area contributed by atoms with Gasteiger partial charge < -0.3 is 18.6 Å². The fraction of sp³-hybridized carbons (Fsp3) is 0.341. The van der Waals surface area contributed by atoms with Gasteiger partial charge in [-0.3, -0.25) is 0 Å². The largest absolute Gasteiger partial charge is 0.456 e. The maximum Gasteiger partial charge on any atom is 0.140 e. The Kier molecular flexibility index (Phi) is 6.10. The van der Waals surface area contributed by atoms with E-state index in [0.29, 0.717) is 40.4 Å². The molecule has 7 aromatic rings. The minimum atomic E-state index is 0.615. The zero-order valence-electron chi connectivity index (χ0n) is 27.1. The van der Waals surface area contributed by atoms with Crippen molar-refractivity contribution in [3.05, 3.63) is 72.3 Å². The lowest BCUT2D eigenvalue weighted by atomic mass is 9.91. The van der Waals surface area contributed by atoms with Gasteiger partial charge in [0.1, 0.15) is 28.4 Å².